The summed E-state index contributed by atoms with van der Waals surface area (Å²) in [5.41, 5.74) is 5.48. The summed E-state index contributed by atoms with van der Waals surface area (Å²) in [6, 6.07) is 8.30. The molecular weight excluding hydrogens is 603 g/mol. The SMILES string of the molecule is Cc1ccc(S(=O)(=O)n2cc(-c3cnc(C(F)F)c4cnc(N[C@H]5CCCC[C@H]5N)nc34)c3ccc(C(F)(F)F)cc32)cc1. The van der Waals surface area contributed by atoms with Gasteiger partial charge in [0.1, 0.15) is 5.69 Å². The van der Waals surface area contributed by atoms with Gasteiger partial charge in [0.25, 0.3) is 16.4 Å². The summed E-state index contributed by atoms with van der Waals surface area (Å²) in [5, 5.41) is 3.24. The first kappa shape index (κ1) is 29.9. The predicted octanol–water partition coefficient (Wildman–Crippen LogP) is 6.83. The van der Waals surface area contributed by atoms with Gasteiger partial charge in [-0.3, -0.25) is 4.98 Å². The number of benzene rings is 2. The molecule has 14 heteroatoms. The van der Waals surface area contributed by atoms with Crippen molar-refractivity contribution in [3.63, 3.8) is 0 Å². The van der Waals surface area contributed by atoms with Crippen LogP contribution >= 0.6 is 0 Å². The van der Waals surface area contributed by atoms with Gasteiger partial charge in [0.05, 0.1) is 21.5 Å². The van der Waals surface area contributed by atoms with Gasteiger partial charge in [0.2, 0.25) is 5.95 Å². The standard InChI is InChI=1S/C30H27F5N6O2S/c1-16-6-9-18(10-7-16)44(42,43)41-15-22(19-11-8-17(12-25(19)41)30(33,34)35)20-13-37-27(28(31)32)21-14-38-29(40-26(20)21)39-24-5-3-2-4-23(24)36/h6-15,23-24,28H,2-5,36H2,1H3,(H,38,39,40)/t23-,24+/m1/s1. The molecule has 0 amide bonds. The summed E-state index contributed by atoms with van der Waals surface area (Å²) in [6.07, 6.45) is -0.731. The highest BCUT2D eigenvalue weighted by molar-refractivity contribution is 7.90. The smallest absolute Gasteiger partial charge is 0.350 e. The number of rotatable bonds is 6. The number of aryl methyl sites for hydroxylation is 1. The molecule has 0 bridgehead atoms. The molecule has 0 radical (unpaired) electrons. The number of halogens is 5. The largest absolute Gasteiger partial charge is 0.416 e. The molecule has 8 nitrogen and oxygen atoms in total. The van der Waals surface area contributed by atoms with Crippen molar-refractivity contribution in [1.29, 1.82) is 0 Å². The lowest BCUT2D eigenvalue weighted by molar-refractivity contribution is -0.137. The fourth-order valence-electron chi connectivity index (χ4n) is 5.60. The third-order valence-electron chi connectivity index (χ3n) is 7.96. The number of hydrogen-bond acceptors (Lipinski definition) is 7. The normalized spacial score (nSPS) is 17.9. The highest BCUT2D eigenvalue weighted by Gasteiger charge is 2.33. The summed E-state index contributed by atoms with van der Waals surface area (Å²) in [7, 11) is -4.39. The van der Waals surface area contributed by atoms with Gasteiger partial charge in [-0.2, -0.15) is 13.2 Å². The van der Waals surface area contributed by atoms with Crippen LogP contribution in [0.2, 0.25) is 0 Å². The molecular formula is C30H27F5N6O2S. The minimum absolute atomic E-state index is 0.0314. The monoisotopic (exact) mass is 630 g/mol. The van der Waals surface area contributed by atoms with Crippen LogP contribution in [-0.2, 0) is 16.2 Å². The average Bonchev–Trinajstić information content (AvgIpc) is 3.37. The number of nitrogens with two attached hydrogens (primary N) is 1. The minimum Gasteiger partial charge on any atom is -0.350 e. The molecule has 3 aromatic heterocycles. The van der Waals surface area contributed by atoms with Crippen LogP contribution in [0.3, 0.4) is 0 Å². The molecule has 5 aromatic rings. The van der Waals surface area contributed by atoms with E-state index in [2.05, 4.69) is 20.3 Å². The van der Waals surface area contributed by atoms with Crippen molar-refractivity contribution in [1.82, 2.24) is 18.9 Å². The molecule has 3 heterocycles. The van der Waals surface area contributed by atoms with E-state index in [4.69, 9.17) is 5.73 Å². The Morgan fingerprint density at radius 3 is 2.39 bits per heavy atom. The number of nitrogens with zero attached hydrogens (tertiary/aromatic N) is 4. The molecule has 0 unspecified atom stereocenters. The van der Waals surface area contributed by atoms with Crippen molar-refractivity contribution in [2.24, 2.45) is 5.73 Å². The van der Waals surface area contributed by atoms with Gasteiger partial charge >= 0.3 is 6.18 Å². The topological polar surface area (TPSA) is 116 Å². The minimum atomic E-state index is -4.75. The highest BCUT2D eigenvalue weighted by Crippen LogP contribution is 2.40. The van der Waals surface area contributed by atoms with Crippen molar-refractivity contribution in [3.8, 4) is 11.1 Å². The lowest BCUT2D eigenvalue weighted by Crippen LogP contribution is -2.42. The van der Waals surface area contributed by atoms with Crippen LogP contribution in [0.15, 0.2) is 66.0 Å². The molecule has 6 rings (SSSR count). The molecule has 2 atom stereocenters. The lowest BCUT2D eigenvalue weighted by atomic mass is 9.91. The van der Waals surface area contributed by atoms with E-state index in [-0.39, 0.29) is 55.9 Å². The maximum absolute atomic E-state index is 14.0. The molecule has 1 fully saturated rings. The van der Waals surface area contributed by atoms with Gasteiger partial charge in [-0.05, 0) is 44.0 Å². The van der Waals surface area contributed by atoms with E-state index in [0.29, 0.717) is 0 Å². The summed E-state index contributed by atoms with van der Waals surface area (Å²) in [6.45, 7) is 1.77. The van der Waals surface area contributed by atoms with Gasteiger partial charge in [-0.1, -0.05) is 36.6 Å². The zero-order valence-corrected chi connectivity index (χ0v) is 24.1. The van der Waals surface area contributed by atoms with Crippen molar-refractivity contribution in [2.45, 2.75) is 62.2 Å². The van der Waals surface area contributed by atoms with Crippen molar-refractivity contribution in [2.75, 3.05) is 5.32 Å². The van der Waals surface area contributed by atoms with Crippen LogP contribution in [0, 0.1) is 6.92 Å². The van der Waals surface area contributed by atoms with Crippen molar-refractivity contribution < 1.29 is 30.4 Å². The second-order valence-corrected chi connectivity index (χ2v) is 12.7. The van der Waals surface area contributed by atoms with Gasteiger partial charge in [-0.25, -0.2) is 31.1 Å². The summed E-state index contributed by atoms with van der Waals surface area (Å²) in [5.74, 6) is 0.128. The second-order valence-electron chi connectivity index (χ2n) is 10.9. The number of pyridine rings is 1. The van der Waals surface area contributed by atoms with Crippen LogP contribution in [-0.4, -0.2) is 39.4 Å². The number of nitrogens with one attached hydrogen (secondary N) is 1. The molecule has 0 saturated heterocycles. The van der Waals surface area contributed by atoms with Crippen LogP contribution in [0.5, 0.6) is 0 Å². The summed E-state index contributed by atoms with van der Waals surface area (Å²) < 4.78 is 97.7. The Morgan fingerprint density at radius 1 is 0.977 bits per heavy atom. The van der Waals surface area contributed by atoms with E-state index in [0.717, 1.165) is 59.6 Å². The van der Waals surface area contributed by atoms with Crippen molar-refractivity contribution in [3.05, 3.63) is 77.9 Å². The fraction of sp³-hybridized carbons (Fsp3) is 0.300. The summed E-state index contributed by atoms with van der Waals surface area (Å²) in [4.78, 5) is 12.6. The Kier molecular flexibility index (Phi) is 7.52. The first-order chi connectivity index (χ1) is 20.8. The zero-order valence-electron chi connectivity index (χ0n) is 23.3. The quantitative estimate of drug-likeness (QED) is 0.198. The first-order valence-corrected chi connectivity index (χ1v) is 15.3. The lowest BCUT2D eigenvalue weighted by Gasteiger charge is -2.29. The van der Waals surface area contributed by atoms with Crippen LogP contribution in [0.25, 0.3) is 32.9 Å². The van der Waals surface area contributed by atoms with Crippen LogP contribution < -0.4 is 11.1 Å². The van der Waals surface area contributed by atoms with Gasteiger partial charge in [0, 0.05) is 52.6 Å². The Labute approximate surface area is 249 Å². The molecule has 1 aliphatic rings. The molecule has 1 aliphatic carbocycles. The van der Waals surface area contributed by atoms with E-state index in [1.54, 1.807) is 19.1 Å². The predicted molar refractivity (Wildman–Crippen MR) is 156 cm³/mol. The van der Waals surface area contributed by atoms with Crippen molar-refractivity contribution >= 4 is 37.8 Å². The number of anilines is 1. The van der Waals surface area contributed by atoms with E-state index >= 15 is 0 Å². The molecule has 3 N–H and O–H groups in total. The van der Waals surface area contributed by atoms with E-state index in [1.165, 1.54) is 24.5 Å². The molecule has 0 spiro atoms. The van der Waals surface area contributed by atoms with Gasteiger partial charge in [0.15, 0.2) is 0 Å². The maximum Gasteiger partial charge on any atom is 0.416 e. The number of aromatic nitrogens is 4. The maximum atomic E-state index is 14.0. The van der Waals surface area contributed by atoms with E-state index in [1.807, 2.05) is 0 Å². The Bertz CT molecular complexity index is 1980. The summed E-state index contributed by atoms with van der Waals surface area (Å²) >= 11 is 0. The van der Waals surface area contributed by atoms with Crippen LogP contribution in [0.4, 0.5) is 27.9 Å². The second kappa shape index (κ2) is 11.1. The molecule has 0 aliphatic heterocycles. The van der Waals surface area contributed by atoms with Crippen LogP contribution in [0.1, 0.15) is 48.9 Å². The highest BCUT2D eigenvalue weighted by atomic mass is 32.2. The zero-order chi connectivity index (χ0) is 31.4. The molecule has 230 valence electrons. The molecule has 2 aromatic carbocycles. The van der Waals surface area contributed by atoms with E-state index in [9.17, 15) is 30.4 Å². The number of hydrogen-bond donors (Lipinski definition) is 2. The first-order valence-electron chi connectivity index (χ1n) is 13.9. The van der Waals surface area contributed by atoms with E-state index < -0.39 is 33.9 Å². The number of alkyl halides is 5. The number of fused-ring (bicyclic) bond motifs is 2. The average molecular weight is 631 g/mol. The molecule has 1 saturated carbocycles. The van der Waals surface area contributed by atoms with Gasteiger partial charge < -0.3 is 11.1 Å². The third kappa shape index (κ3) is 5.36. The Balaban J connectivity index is 1.59. The molecule has 44 heavy (non-hydrogen) atoms. The van der Waals surface area contributed by atoms with Gasteiger partial charge in [-0.15, -0.1) is 0 Å². The third-order valence-corrected chi connectivity index (χ3v) is 9.65. The fourth-order valence-corrected chi connectivity index (χ4v) is 6.96. The Morgan fingerprint density at radius 2 is 1.70 bits per heavy atom. The Hall–Kier alpha value is -4.17.